The molecule has 1 heterocycles. The number of nitrogens with zero attached hydrogens (tertiary/aromatic N) is 4. The molecule has 0 unspecified atom stereocenters. The van der Waals surface area contributed by atoms with Gasteiger partial charge in [-0.05, 0) is 18.6 Å². The predicted molar refractivity (Wildman–Crippen MR) is 78.8 cm³/mol. The second-order valence-corrected chi connectivity index (χ2v) is 5.28. The molecule has 108 valence electrons. The molecular formula is C14H14N4O2S. The van der Waals surface area contributed by atoms with Crippen LogP contribution in [-0.2, 0) is 11.3 Å². The zero-order valence-electron chi connectivity index (χ0n) is 11.5. The van der Waals surface area contributed by atoms with Crippen LogP contribution in [0.2, 0.25) is 0 Å². The van der Waals surface area contributed by atoms with Crippen molar-refractivity contribution in [1.82, 2.24) is 14.8 Å². The molecule has 0 amide bonds. The summed E-state index contributed by atoms with van der Waals surface area (Å²) in [5, 5.41) is 26.5. The monoisotopic (exact) mass is 302 g/mol. The Kier molecular flexibility index (Phi) is 4.95. The normalized spacial score (nSPS) is 10.3. The maximum absolute atomic E-state index is 10.7. The zero-order chi connectivity index (χ0) is 15.2. The number of aliphatic carboxylic acids is 1. The van der Waals surface area contributed by atoms with Crippen LogP contribution in [0.3, 0.4) is 0 Å². The number of aromatic nitrogens is 3. The molecule has 0 bridgehead atoms. The minimum absolute atomic E-state index is 0.0555. The summed E-state index contributed by atoms with van der Waals surface area (Å²) in [4.78, 5) is 10.7. The maximum atomic E-state index is 10.7. The number of benzene rings is 1. The molecule has 0 aliphatic heterocycles. The average Bonchev–Trinajstić information content (AvgIpc) is 2.88. The van der Waals surface area contributed by atoms with Crippen molar-refractivity contribution in [3.05, 3.63) is 29.8 Å². The van der Waals surface area contributed by atoms with Crippen LogP contribution in [0.25, 0.3) is 11.4 Å². The van der Waals surface area contributed by atoms with E-state index in [-0.39, 0.29) is 5.75 Å². The van der Waals surface area contributed by atoms with Gasteiger partial charge in [0.1, 0.15) is 0 Å². The Morgan fingerprint density at radius 3 is 2.95 bits per heavy atom. The highest BCUT2D eigenvalue weighted by molar-refractivity contribution is 7.99. The summed E-state index contributed by atoms with van der Waals surface area (Å²) in [7, 11) is 0. The van der Waals surface area contributed by atoms with Crippen LogP contribution in [0.1, 0.15) is 18.9 Å². The maximum Gasteiger partial charge on any atom is 0.313 e. The summed E-state index contributed by atoms with van der Waals surface area (Å²) < 4.78 is 1.89. The smallest absolute Gasteiger partial charge is 0.313 e. The summed E-state index contributed by atoms with van der Waals surface area (Å²) >= 11 is 1.15. The Balaban J connectivity index is 2.38. The molecule has 0 aliphatic rings. The Labute approximate surface area is 126 Å². The fourth-order valence-electron chi connectivity index (χ4n) is 1.89. The fourth-order valence-corrected chi connectivity index (χ4v) is 2.57. The fraction of sp³-hybridized carbons (Fsp3) is 0.286. The van der Waals surface area contributed by atoms with Gasteiger partial charge in [0, 0.05) is 12.1 Å². The lowest BCUT2D eigenvalue weighted by Gasteiger charge is -2.08. The first-order valence-electron chi connectivity index (χ1n) is 6.44. The highest BCUT2D eigenvalue weighted by Gasteiger charge is 2.15. The van der Waals surface area contributed by atoms with Crippen molar-refractivity contribution in [2.24, 2.45) is 0 Å². The third kappa shape index (κ3) is 3.61. The van der Waals surface area contributed by atoms with E-state index in [0.29, 0.717) is 23.1 Å². The first kappa shape index (κ1) is 15.1. The lowest BCUT2D eigenvalue weighted by atomic mass is 10.1. The number of nitriles is 1. The molecule has 0 fully saturated rings. The van der Waals surface area contributed by atoms with Gasteiger partial charge in [-0.25, -0.2) is 0 Å². The van der Waals surface area contributed by atoms with Crippen LogP contribution in [0.15, 0.2) is 29.4 Å². The standard InChI is InChI=1S/C14H14N4O2S/c1-2-6-18-13(11-5-3-4-10(7-11)8-15)16-17-14(18)21-9-12(19)20/h3-5,7H,2,6,9H2,1H3,(H,19,20). The second-order valence-electron chi connectivity index (χ2n) is 4.33. The molecule has 0 atom stereocenters. The molecule has 0 saturated carbocycles. The average molecular weight is 302 g/mol. The predicted octanol–water partition coefficient (Wildman–Crippen LogP) is 2.40. The van der Waals surface area contributed by atoms with E-state index in [1.807, 2.05) is 17.6 Å². The number of carboxylic acids is 1. The molecule has 2 rings (SSSR count). The van der Waals surface area contributed by atoms with E-state index in [2.05, 4.69) is 16.3 Å². The van der Waals surface area contributed by atoms with Gasteiger partial charge in [0.05, 0.1) is 17.4 Å². The number of hydrogen-bond acceptors (Lipinski definition) is 5. The summed E-state index contributed by atoms with van der Waals surface area (Å²) in [6.07, 6.45) is 0.879. The van der Waals surface area contributed by atoms with Gasteiger partial charge in [-0.1, -0.05) is 30.8 Å². The molecule has 0 aliphatic carbocycles. The van der Waals surface area contributed by atoms with Crippen LogP contribution >= 0.6 is 11.8 Å². The van der Waals surface area contributed by atoms with Gasteiger partial charge < -0.3 is 9.67 Å². The quantitative estimate of drug-likeness (QED) is 0.824. The van der Waals surface area contributed by atoms with Gasteiger partial charge in [-0.3, -0.25) is 4.79 Å². The van der Waals surface area contributed by atoms with Crippen molar-refractivity contribution in [3.63, 3.8) is 0 Å². The molecule has 0 radical (unpaired) electrons. The van der Waals surface area contributed by atoms with E-state index in [9.17, 15) is 4.79 Å². The SMILES string of the molecule is CCCn1c(SCC(=O)O)nnc1-c1cccc(C#N)c1. The van der Waals surface area contributed by atoms with Gasteiger partial charge in [-0.2, -0.15) is 5.26 Å². The lowest BCUT2D eigenvalue weighted by molar-refractivity contribution is -0.133. The Hall–Kier alpha value is -2.33. The lowest BCUT2D eigenvalue weighted by Crippen LogP contribution is -2.04. The number of thioether (sulfide) groups is 1. The van der Waals surface area contributed by atoms with Gasteiger partial charge in [0.15, 0.2) is 11.0 Å². The Morgan fingerprint density at radius 1 is 1.48 bits per heavy atom. The number of rotatable bonds is 6. The van der Waals surface area contributed by atoms with Crippen molar-refractivity contribution in [2.75, 3.05) is 5.75 Å². The summed E-state index contributed by atoms with van der Waals surface area (Å²) in [6, 6.07) is 9.23. The second kappa shape index (κ2) is 6.90. The van der Waals surface area contributed by atoms with E-state index >= 15 is 0 Å². The largest absolute Gasteiger partial charge is 0.481 e. The van der Waals surface area contributed by atoms with Gasteiger partial charge >= 0.3 is 5.97 Å². The van der Waals surface area contributed by atoms with Crippen molar-refractivity contribution in [3.8, 4) is 17.5 Å². The van der Waals surface area contributed by atoms with Crippen LogP contribution in [0, 0.1) is 11.3 Å². The third-order valence-electron chi connectivity index (χ3n) is 2.74. The summed E-state index contributed by atoms with van der Waals surface area (Å²) in [5.41, 5.74) is 1.36. The van der Waals surface area contributed by atoms with Crippen molar-refractivity contribution in [2.45, 2.75) is 25.0 Å². The molecule has 21 heavy (non-hydrogen) atoms. The summed E-state index contributed by atoms with van der Waals surface area (Å²) in [5.74, 6) is -0.291. The van der Waals surface area contributed by atoms with Crippen LogP contribution in [0.4, 0.5) is 0 Å². The number of carbonyl (C=O) groups is 1. The third-order valence-corrected chi connectivity index (χ3v) is 3.69. The first-order valence-corrected chi connectivity index (χ1v) is 7.42. The Bertz CT molecular complexity index is 691. The molecular weight excluding hydrogens is 288 g/mol. The van der Waals surface area contributed by atoms with Crippen LogP contribution in [-0.4, -0.2) is 31.6 Å². The van der Waals surface area contributed by atoms with Crippen LogP contribution in [0.5, 0.6) is 0 Å². The van der Waals surface area contributed by atoms with E-state index in [1.165, 1.54) is 0 Å². The van der Waals surface area contributed by atoms with Crippen molar-refractivity contribution < 1.29 is 9.90 Å². The van der Waals surface area contributed by atoms with E-state index in [4.69, 9.17) is 10.4 Å². The topological polar surface area (TPSA) is 91.8 Å². The van der Waals surface area contributed by atoms with Gasteiger partial charge in [0.25, 0.3) is 0 Å². The van der Waals surface area contributed by atoms with E-state index in [0.717, 1.165) is 23.7 Å². The Morgan fingerprint density at radius 2 is 2.29 bits per heavy atom. The van der Waals surface area contributed by atoms with Gasteiger partial charge in [0.2, 0.25) is 0 Å². The summed E-state index contributed by atoms with van der Waals surface area (Å²) in [6.45, 7) is 2.72. The highest BCUT2D eigenvalue weighted by atomic mass is 32.2. The van der Waals surface area contributed by atoms with E-state index in [1.54, 1.807) is 18.2 Å². The minimum atomic E-state index is -0.890. The molecule has 7 heteroatoms. The molecule has 1 N–H and O–H groups in total. The molecule has 1 aromatic carbocycles. The molecule has 2 aromatic rings. The number of hydrogen-bond donors (Lipinski definition) is 1. The molecule has 1 aromatic heterocycles. The molecule has 0 spiro atoms. The van der Waals surface area contributed by atoms with Gasteiger partial charge in [-0.15, -0.1) is 10.2 Å². The van der Waals surface area contributed by atoms with E-state index < -0.39 is 5.97 Å². The van der Waals surface area contributed by atoms with Crippen LogP contribution < -0.4 is 0 Å². The first-order chi connectivity index (χ1) is 10.2. The number of carboxylic acid groups (broad SMARTS) is 1. The van der Waals surface area contributed by atoms with Crippen molar-refractivity contribution in [1.29, 1.82) is 5.26 Å². The molecule has 0 saturated heterocycles. The van der Waals surface area contributed by atoms with Crippen molar-refractivity contribution >= 4 is 17.7 Å². The molecule has 6 nitrogen and oxygen atoms in total. The highest BCUT2D eigenvalue weighted by Crippen LogP contribution is 2.24. The zero-order valence-corrected chi connectivity index (χ0v) is 12.3. The minimum Gasteiger partial charge on any atom is -0.481 e.